The van der Waals surface area contributed by atoms with Gasteiger partial charge in [0.2, 0.25) is 11.8 Å². The first-order valence-corrected chi connectivity index (χ1v) is 11.2. The predicted octanol–water partition coefficient (Wildman–Crippen LogP) is 4.85. The van der Waals surface area contributed by atoms with Gasteiger partial charge in [-0.3, -0.25) is 9.59 Å². The second kappa shape index (κ2) is 8.86. The summed E-state index contributed by atoms with van der Waals surface area (Å²) >= 11 is 0. The number of amides is 2. The first-order chi connectivity index (χ1) is 14.5. The first kappa shape index (κ1) is 23.1. The zero-order valence-electron chi connectivity index (χ0n) is 19.7. The van der Waals surface area contributed by atoms with Crippen LogP contribution >= 0.6 is 0 Å². The summed E-state index contributed by atoms with van der Waals surface area (Å²) in [5.74, 6) is -0.110. The summed E-state index contributed by atoms with van der Waals surface area (Å²) in [5.41, 5.74) is 1.73. The van der Waals surface area contributed by atoms with Gasteiger partial charge in [-0.1, -0.05) is 95.3 Å². The second-order valence-electron chi connectivity index (χ2n) is 10.7. The van der Waals surface area contributed by atoms with Crippen LogP contribution in [0.15, 0.2) is 60.7 Å². The smallest absolute Gasteiger partial charge is 0.245 e. The number of hydrogen-bond donors (Lipinski definition) is 1. The Kier molecular flexibility index (Phi) is 6.59. The van der Waals surface area contributed by atoms with Gasteiger partial charge in [-0.25, -0.2) is 0 Å². The molecule has 2 atom stereocenters. The van der Waals surface area contributed by atoms with E-state index in [0.717, 1.165) is 24.1 Å². The van der Waals surface area contributed by atoms with Crippen LogP contribution in [-0.2, 0) is 9.59 Å². The van der Waals surface area contributed by atoms with E-state index < -0.39 is 17.4 Å². The Morgan fingerprint density at radius 1 is 1.00 bits per heavy atom. The molecule has 2 aromatic carbocycles. The van der Waals surface area contributed by atoms with Crippen LogP contribution in [0.4, 0.5) is 0 Å². The number of hydrogen-bond acceptors (Lipinski definition) is 2. The standard InChI is InChI=1S/C27H36N2O2/c1-26(2,3)23(25(31)29(6)18-21-17-27(21,4)5)28-24(30)22(19-13-9-7-10-14-19)20-15-11-8-12-16-20/h7-16,21-23H,17-18H2,1-6H3,(H,28,30)/t21?,23-/m1/s1. The van der Waals surface area contributed by atoms with Gasteiger partial charge in [-0.2, -0.15) is 0 Å². The van der Waals surface area contributed by atoms with Crippen LogP contribution in [0, 0.1) is 16.7 Å². The third-order valence-electron chi connectivity index (χ3n) is 6.52. The van der Waals surface area contributed by atoms with Crippen LogP contribution < -0.4 is 5.32 Å². The zero-order chi connectivity index (χ0) is 22.8. The van der Waals surface area contributed by atoms with Crippen LogP contribution in [-0.4, -0.2) is 36.3 Å². The fourth-order valence-corrected chi connectivity index (χ4v) is 4.19. The van der Waals surface area contributed by atoms with E-state index in [2.05, 4.69) is 19.2 Å². The van der Waals surface area contributed by atoms with Crippen molar-refractivity contribution in [3.8, 4) is 0 Å². The number of rotatable bonds is 7. The second-order valence-corrected chi connectivity index (χ2v) is 10.7. The summed E-state index contributed by atoms with van der Waals surface area (Å²) in [6.07, 6.45) is 1.14. The SMILES string of the molecule is CN(CC1CC1(C)C)C(=O)[C@@H](NC(=O)C(c1ccccc1)c1ccccc1)C(C)(C)C. The molecular weight excluding hydrogens is 384 g/mol. The van der Waals surface area contributed by atoms with Gasteiger partial charge in [0.05, 0.1) is 5.92 Å². The summed E-state index contributed by atoms with van der Waals surface area (Å²) in [4.78, 5) is 28.8. The van der Waals surface area contributed by atoms with Gasteiger partial charge in [0.25, 0.3) is 0 Å². The topological polar surface area (TPSA) is 49.4 Å². The fourth-order valence-electron chi connectivity index (χ4n) is 4.19. The average Bonchev–Trinajstić information content (AvgIpc) is 3.32. The van der Waals surface area contributed by atoms with E-state index in [4.69, 9.17) is 0 Å². The molecule has 1 saturated carbocycles. The van der Waals surface area contributed by atoms with Gasteiger partial charge in [0.15, 0.2) is 0 Å². The summed E-state index contributed by atoms with van der Waals surface area (Å²) in [7, 11) is 1.85. The summed E-state index contributed by atoms with van der Waals surface area (Å²) in [6, 6.07) is 18.9. The van der Waals surface area contributed by atoms with E-state index in [-0.39, 0.29) is 11.8 Å². The molecule has 1 unspecified atom stereocenters. The highest BCUT2D eigenvalue weighted by Crippen LogP contribution is 2.51. The summed E-state index contributed by atoms with van der Waals surface area (Å²) in [5, 5.41) is 3.12. The Balaban J connectivity index is 1.83. The van der Waals surface area contributed by atoms with E-state index in [9.17, 15) is 9.59 Å². The third-order valence-corrected chi connectivity index (χ3v) is 6.52. The summed E-state index contributed by atoms with van der Waals surface area (Å²) in [6.45, 7) is 11.2. The van der Waals surface area contributed by atoms with Crippen LogP contribution in [0.1, 0.15) is 58.1 Å². The predicted molar refractivity (Wildman–Crippen MR) is 126 cm³/mol. The number of nitrogens with one attached hydrogen (secondary N) is 1. The Morgan fingerprint density at radius 2 is 1.45 bits per heavy atom. The normalized spacial score (nSPS) is 18.4. The molecule has 1 aliphatic carbocycles. The minimum Gasteiger partial charge on any atom is -0.344 e. The van der Waals surface area contributed by atoms with Gasteiger partial charge >= 0.3 is 0 Å². The number of carbonyl (C=O) groups is 2. The Hall–Kier alpha value is -2.62. The number of benzene rings is 2. The van der Waals surface area contributed by atoms with E-state index in [1.165, 1.54) is 0 Å². The third kappa shape index (κ3) is 5.55. The molecule has 2 amide bonds. The highest BCUT2D eigenvalue weighted by atomic mass is 16.2. The van der Waals surface area contributed by atoms with Crippen molar-refractivity contribution < 1.29 is 9.59 Å². The molecule has 1 fully saturated rings. The van der Waals surface area contributed by atoms with Crippen LogP contribution in [0.5, 0.6) is 0 Å². The molecule has 0 heterocycles. The van der Waals surface area contributed by atoms with Gasteiger partial charge in [0.1, 0.15) is 6.04 Å². The van der Waals surface area contributed by atoms with Gasteiger partial charge < -0.3 is 10.2 Å². The van der Waals surface area contributed by atoms with Crippen LogP contribution in [0.2, 0.25) is 0 Å². The van der Waals surface area contributed by atoms with E-state index in [0.29, 0.717) is 11.3 Å². The van der Waals surface area contributed by atoms with Crippen LogP contribution in [0.25, 0.3) is 0 Å². The molecule has 1 N–H and O–H groups in total. The molecule has 0 spiro atoms. The fraction of sp³-hybridized carbons (Fsp3) is 0.481. The monoisotopic (exact) mass is 420 g/mol. The molecule has 1 aliphatic rings. The minimum absolute atomic E-state index is 0.0246. The highest BCUT2D eigenvalue weighted by Gasteiger charge is 2.47. The molecule has 166 valence electrons. The first-order valence-electron chi connectivity index (χ1n) is 11.2. The van der Waals surface area contributed by atoms with Gasteiger partial charge in [-0.15, -0.1) is 0 Å². The summed E-state index contributed by atoms with van der Waals surface area (Å²) < 4.78 is 0. The lowest BCUT2D eigenvalue weighted by Gasteiger charge is -2.35. The maximum Gasteiger partial charge on any atom is 0.245 e. The Bertz CT molecular complexity index is 860. The van der Waals surface area contributed by atoms with Crippen molar-refractivity contribution in [3.05, 3.63) is 71.8 Å². The van der Waals surface area contributed by atoms with Crippen LogP contribution in [0.3, 0.4) is 0 Å². The molecule has 31 heavy (non-hydrogen) atoms. The van der Waals surface area contributed by atoms with Gasteiger partial charge in [0, 0.05) is 13.6 Å². The van der Waals surface area contributed by atoms with Crippen molar-refractivity contribution >= 4 is 11.8 Å². The lowest BCUT2D eigenvalue weighted by atomic mass is 9.84. The number of carbonyl (C=O) groups excluding carboxylic acids is 2. The lowest BCUT2D eigenvalue weighted by Crippen LogP contribution is -2.55. The molecule has 2 aromatic rings. The molecule has 4 nitrogen and oxygen atoms in total. The molecular formula is C27H36N2O2. The molecule has 0 aliphatic heterocycles. The maximum atomic E-state index is 13.6. The number of nitrogens with zero attached hydrogens (tertiary/aromatic N) is 1. The Labute approximate surface area is 187 Å². The maximum absolute atomic E-state index is 13.6. The molecule has 0 bridgehead atoms. The van der Waals surface area contributed by atoms with Crippen molar-refractivity contribution in [2.45, 2.75) is 53.0 Å². The minimum atomic E-state index is -0.596. The lowest BCUT2D eigenvalue weighted by molar-refractivity contribution is -0.138. The van der Waals surface area contributed by atoms with E-state index >= 15 is 0 Å². The molecule has 0 radical (unpaired) electrons. The Morgan fingerprint density at radius 3 is 1.84 bits per heavy atom. The largest absolute Gasteiger partial charge is 0.344 e. The van der Waals surface area contributed by atoms with E-state index in [1.54, 1.807) is 4.90 Å². The average molecular weight is 421 g/mol. The van der Waals surface area contributed by atoms with Gasteiger partial charge in [-0.05, 0) is 34.3 Å². The molecule has 4 heteroatoms. The van der Waals surface area contributed by atoms with E-state index in [1.807, 2.05) is 88.5 Å². The molecule has 3 rings (SSSR count). The van der Waals surface area contributed by atoms with Crippen molar-refractivity contribution in [1.29, 1.82) is 0 Å². The van der Waals surface area contributed by atoms with Crippen molar-refractivity contribution in [1.82, 2.24) is 10.2 Å². The molecule has 0 saturated heterocycles. The van der Waals surface area contributed by atoms with Crippen molar-refractivity contribution in [2.24, 2.45) is 16.7 Å². The number of likely N-dealkylation sites (N-methyl/N-ethyl adjacent to an activating group) is 1. The van der Waals surface area contributed by atoms with Crippen molar-refractivity contribution in [2.75, 3.05) is 13.6 Å². The molecule has 0 aromatic heterocycles. The zero-order valence-corrected chi connectivity index (χ0v) is 19.7. The quantitative estimate of drug-likeness (QED) is 0.696. The van der Waals surface area contributed by atoms with Crippen molar-refractivity contribution in [3.63, 3.8) is 0 Å². The highest BCUT2D eigenvalue weighted by molar-refractivity contribution is 5.92.